The van der Waals surface area contributed by atoms with E-state index in [2.05, 4.69) is 10.3 Å². The second kappa shape index (κ2) is 8.26. The van der Waals surface area contributed by atoms with Crippen molar-refractivity contribution in [3.05, 3.63) is 40.8 Å². The lowest BCUT2D eigenvalue weighted by molar-refractivity contribution is -0.117. The molecule has 1 heterocycles. The minimum atomic E-state index is -0.436. The third kappa shape index (κ3) is 4.96. The number of nitrogens with zero attached hydrogens (tertiary/aromatic N) is 2. The van der Waals surface area contributed by atoms with Gasteiger partial charge in [-0.15, -0.1) is 0 Å². The van der Waals surface area contributed by atoms with Gasteiger partial charge in [-0.3, -0.25) is 9.78 Å². The predicted molar refractivity (Wildman–Crippen MR) is 77.9 cm³/mol. The number of carbonyl (C=O) groups excluding carboxylic acids is 1. The van der Waals surface area contributed by atoms with Crippen molar-refractivity contribution < 1.29 is 4.79 Å². The standard InChI is InChI=1S/C12H17ClN6O/c13-10-2-1-4-17-11(10)7-18-12(20)9(6-15)8-19(16)5-3-14/h1-2,4,6,8,15H,3,5,7,14,16H2,(H,18,20)/b9-8+,15-6?. The first kappa shape index (κ1) is 16.1. The Kier molecular flexibility index (Phi) is 6.65. The summed E-state index contributed by atoms with van der Waals surface area (Å²) in [6, 6.07) is 3.39. The average molecular weight is 297 g/mol. The first-order valence-corrected chi connectivity index (χ1v) is 6.27. The van der Waals surface area contributed by atoms with Crippen molar-refractivity contribution in [1.82, 2.24) is 15.3 Å². The van der Waals surface area contributed by atoms with E-state index in [1.165, 1.54) is 11.2 Å². The molecule has 0 bridgehead atoms. The maximum Gasteiger partial charge on any atom is 0.254 e. The Hall–Kier alpha value is -1.96. The van der Waals surface area contributed by atoms with Crippen molar-refractivity contribution in [2.24, 2.45) is 11.6 Å². The molecular weight excluding hydrogens is 280 g/mol. The highest BCUT2D eigenvalue weighted by Gasteiger charge is 2.09. The molecule has 7 nitrogen and oxygen atoms in total. The van der Waals surface area contributed by atoms with Crippen LogP contribution in [0.4, 0.5) is 0 Å². The zero-order chi connectivity index (χ0) is 15.0. The summed E-state index contributed by atoms with van der Waals surface area (Å²) in [5, 5.41) is 11.6. The highest BCUT2D eigenvalue weighted by Crippen LogP contribution is 2.11. The molecule has 1 aromatic rings. The lowest BCUT2D eigenvalue weighted by atomic mass is 10.2. The molecule has 108 valence electrons. The van der Waals surface area contributed by atoms with Gasteiger partial charge in [0.2, 0.25) is 0 Å². The fraction of sp³-hybridized carbons (Fsp3) is 0.250. The normalized spacial score (nSPS) is 11.1. The summed E-state index contributed by atoms with van der Waals surface area (Å²) >= 11 is 5.93. The lowest BCUT2D eigenvalue weighted by Gasteiger charge is -2.13. The molecule has 20 heavy (non-hydrogen) atoms. The Labute approximate surface area is 122 Å². The molecule has 1 aromatic heterocycles. The molecule has 0 aromatic carbocycles. The van der Waals surface area contributed by atoms with Crippen LogP contribution in [-0.2, 0) is 11.3 Å². The first-order valence-electron chi connectivity index (χ1n) is 5.89. The minimum absolute atomic E-state index is 0.119. The number of nitrogens with one attached hydrogen (secondary N) is 2. The van der Waals surface area contributed by atoms with Crippen LogP contribution in [-0.4, -0.2) is 35.2 Å². The van der Waals surface area contributed by atoms with E-state index in [9.17, 15) is 4.79 Å². The monoisotopic (exact) mass is 296 g/mol. The largest absolute Gasteiger partial charge is 0.346 e. The summed E-state index contributed by atoms with van der Waals surface area (Å²) in [7, 11) is 0. The Bertz CT molecular complexity index is 504. The molecule has 0 saturated carbocycles. The molecular formula is C12H17ClN6O. The molecule has 0 atom stereocenters. The van der Waals surface area contributed by atoms with Gasteiger partial charge in [0.05, 0.1) is 22.8 Å². The highest BCUT2D eigenvalue weighted by molar-refractivity contribution is 6.31. The zero-order valence-electron chi connectivity index (χ0n) is 10.8. The molecule has 0 aliphatic carbocycles. The van der Waals surface area contributed by atoms with Gasteiger partial charge in [-0.05, 0) is 12.1 Å². The van der Waals surface area contributed by atoms with Gasteiger partial charge >= 0.3 is 0 Å². The molecule has 1 amide bonds. The Morgan fingerprint density at radius 2 is 2.35 bits per heavy atom. The molecule has 6 N–H and O–H groups in total. The van der Waals surface area contributed by atoms with Crippen LogP contribution in [0.25, 0.3) is 0 Å². The van der Waals surface area contributed by atoms with Crippen LogP contribution in [0.1, 0.15) is 5.69 Å². The van der Waals surface area contributed by atoms with Gasteiger partial charge in [-0.2, -0.15) is 0 Å². The number of nitrogens with two attached hydrogens (primary N) is 2. The van der Waals surface area contributed by atoms with Gasteiger partial charge in [0.25, 0.3) is 5.91 Å². The third-order valence-corrected chi connectivity index (χ3v) is 2.71. The number of amides is 1. The fourth-order valence-corrected chi connectivity index (χ4v) is 1.56. The second-order valence-electron chi connectivity index (χ2n) is 3.87. The summed E-state index contributed by atoms with van der Waals surface area (Å²) in [6.07, 6.45) is 3.87. The molecule has 0 aliphatic heterocycles. The van der Waals surface area contributed by atoms with Crippen LogP contribution in [0.5, 0.6) is 0 Å². The minimum Gasteiger partial charge on any atom is -0.346 e. The number of hydrogen-bond donors (Lipinski definition) is 4. The highest BCUT2D eigenvalue weighted by atomic mass is 35.5. The molecule has 0 radical (unpaired) electrons. The van der Waals surface area contributed by atoms with Crippen molar-refractivity contribution in [1.29, 1.82) is 5.41 Å². The number of hydrazine groups is 1. The first-order chi connectivity index (χ1) is 9.58. The average Bonchev–Trinajstić information content (AvgIpc) is 2.44. The number of halogens is 1. The van der Waals surface area contributed by atoms with E-state index in [0.717, 1.165) is 6.21 Å². The number of pyridine rings is 1. The lowest BCUT2D eigenvalue weighted by Crippen LogP contribution is -2.33. The van der Waals surface area contributed by atoms with E-state index in [1.807, 2.05) is 0 Å². The summed E-state index contributed by atoms with van der Waals surface area (Å²) in [5.74, 6) is 5.15. The molecule has 0 fully saturated rings. The quantitative estimate of drug-likeness (QED) is 0.245. The smallest absolute Gasteiger partial charge is 0.254 e. The van der Waals surface area contributed by atoms with Gasteiger partial charge in [0.15, 0.2) is 0 Å². The van der Waals surface area contributed by atoms with Crippen LogP contribution >= 0.6 is 11.6 Å². The number of carbonyl (C=O) groups is 1. The Balaban J connectivity index is 2.65. The van der Waals surface area contributed by atoms with Crippen molar-refractivity contribution in [3.8, 4) is 0 Å². The summed E-state index contributed by atoms with van der Waals surface area (Å²) < 4.78 is 0. The SMILES string of the molecule is N=C/C(=C\N(N)CCN)C(=O)NCc1ncccc1Cl. The third-order valence-electron chi connectivity index (χ3n) is 2.36. The van der Waals surface area contributed by atoms with Gasteiger partial charge in [0.1, 0.15) is 0 Å². The van der Waals surface area contributed by atoms with Crippen LogP contribution < -0.4 is 16.9 Å². The van der Waals surface area contributed by atoms with E-state index in [-0.39, 0.29) is 12.1 Å². The number of aromatic nitrogens is 1. The van der Waals surface area contributed by atoms with E-state index in [0.29, 0.717) is 23.8 Å². The molecule has 0 aliphatic rings. The Morgan fingerprint density at radius 3 is 2.95 bits per heavy atom. The zero-order valence-corrected chi connectivity index (χ0v) is 11.6. The van der Waals surface area contributed by atoms with E-state index in [4.69, 9.17) is 28.6 Å². The molecule has 1 rings (SSSR count). The summed E-state index contributed by atoms with van der Waals surface area (Å²) in [5.41, 5.74) is 6.02. The van der Waals surface area contributed by atoms with Crippen molar-refractivity contribution in [3.63, 3.8) is 0 Å². The summed E-state index contributed by atoms with van der Waals surface area (Å²) in [4.78, 5) is 15.9. The van der Waals surface area contributed by atoms with Crippen molar-refractivity contribution in [2.45, 2.75) is 6.54 Å². The molecule has 8 heteroatoms. The second-order valence-corrected chi connectivity index (χ2v) is 4.28. The number of hydrogen-bond acceptors (Lipinski definition) is 6. The topological polar surface area (TPSA) is 121 Å². The van der Waals surface area contributed by atoms with E-state index in [1.54, 1.807) is 18.3 Å². The molecule has 0 saturated heterocycles. The maximum absolute atomic E-state index is 11.9. The van der Waals surface area contributed by atoms with Gasteiger partial charge < -0.3 is 21.5 Å². The van der Waals surface area contributed by atoms with Crippen LogP contribution in [0.3, 0.4) is 0 Å². The molecule has 0 spiro atoms. The van der Waals surface area contributed by atoms with Crippen LogP contribution in [0, 0.1) is 5.41 Å². The van der Waals surface area contributed by atoms with E-state index >= 15 is 0 Å². The maximum atomic E-state index is 11.9. The predicted octanol–water partition coefficient (Wildman–Crippen LogP) is 0.0191. The van der Waals surface area contributed by atoms with Crippen molar-refractivity contribution >= 4 is 23.7 Å². The summed E-state index contributed by atoms with van der Waals surface area (Å²) in [6.45, 7) is 0.908. The van der Waals surface area contributed by atoms with Gasteiger partial charge in [0, 0.05) is 31.7 Å². The number of rotatable bonds is 7. The fourth-order valence-electron chi connectivity index (χ4n) is 1.37. The Morgan fingerprint density at radius 1 is 1.60 bits per heavy atom. The molecule has 0 unspecified atom stereocenters. The van der Waals surface area contributed by atoms with Crippen molar-refractivity contribution in [2.75, 3.05) is 13.1 Å². The van der Waals surface area contributed by atoms with Gasteiger partial charge in [-0.25, -0.2) is 5.84 Å². The van der Waals surface area contributed by atoms with Crippen LogP contribution in [0.2, 0.25) is 5.02 Å². The van der Waals surface area contributed by atoms with E-state index < -0.39 is 5.91 Å². The van der Waals surface area contributed by atoms with Crippen LogP contribution in [0.15, 0.2) is 30.1 Å². The van der Waals surface area contributed by atoms with Gasteiger partial charge in [-0.1, -0.05) is 11.6 Å².